The van der Waals surface area contributed by atoms with Gasteiger partial charge in [0, 0.05) is 25.3 Å². The second kappa shape index (κ2) is 6.60. The molecule has 0 radical (unpaired) electrons. The van der Waals surface area contributed by atoms with Crippen LogP contribution in [0.1, 0.15) is 51.3 Å². The van der Waals surface area contributed by atoms with E-state index >= 15 is 0 Å². The van der Waals surface area contributed by atoms with E-state index in [2.05, 4.69) is 9.88 Å². The number of nitrogen functional groups attached to an aromatic ring is 1. The molecule has 1 saturated carbocycles. The van der Waals surface area contributed by atoms with E-state index in [4.69, 9.17) is 15.5 Å². The lowest BCUT2D eigenvalue weighted by atomic mass is 9.78. The molecular weight excluding hydrogens is 264 g/mol. The molecular formula is C16H26N4O. The highest BCUT2D eigenvalue weighted by Crippen LogP contribution is 2.37. The number of aromatic nitrogens is 2. The Bertz CT molecular complexity index is 477. The Morgan fingerprint density at radius 1 is 1.24 bits per heavy atom. The molecule has 0 amide bonds. The fourth-order valence-electron chi connectivity index (χ4n) is 3.82. The number of anilines is 2. The first kappa shape index (κ1) is 14.6. The zero-order valence-corrected chi connectivity index (χ0v) is 12.9. The zero-order chi connectivity index (χ0) is 14.7. The summed E-state index contributed by atoms with van der Waals surface area (Å²) < 4.78 is 5.42. The first-order valence-electron chi connectivity index (χ1n) is 8.25. The fourth-order valence-corrected chi connectivity index (χ4v) is 3.82. The minimum atomic E-state index is 0.441. The van der Waals surface area contributed by atoms with Crippen LogP contribution in [0.15, 0.2) is 6.07 Å². The van der Waals surface area contributed by atoms with Gasteiger partial charge in [0.1, 0.15) is 18.2 Å². The monoisotopic (exact) mass is 290 g/mol. The Kier molecular flexibility index (Phi) is 4.58. The third kappa shape index (κ3) is 3.28. The third-order valence-electron chi connectivity index (χ3n) is 4.75. The summed E-state index contributed by atoms with van der Waals surface area (Å²) in [5.74, 6) is 3.07. The molecule has 1 saturated heterocycles. The number of nitrogens with two attached hydrogens (primary N) is 1. The average molecular weight is 290 g/mol. The standard InChI is InChI=1S/C16H26N4O/c1-2-21-11-15-18-14(17)10-16(19-15)20-9-5-7-12-6-3-4-8-13(12)20/h10,12-13H,2-9,11H2,1H3,(H2,17,18,19). The summed E-state index contributed by atoms with van der Waals surface area (Å²) in [6, 6.07) is 2.56. The molecule has 1 aliphatic heterocycles. The molecule has 0 aromatic carbocycles. The van der Waals surface area contributed by atoms with E-state index in [1.165, 1.54) is 38.5 Å². The normalized spacial score (nSPS) is 25.7. The van der Waals surface area contributed by atoms with Crippen molar-refractivity contribution in [2.45, 2.75) is 58.1 Å². The highest BCUT2D eigenvalue weighted by molar-refractivity contribution is 5.48. The molecule has 116 valence electrons. The van der Waals surface area contributed by atoms with E-state index in [1.54, 1.807) is 0 Å². The van der Waals surface area contributed by atoms with Gasteiger partial charge in [0.15, 0.2) is 5.82 Å². The maximum atomic E-state index is 5.97. The van der Waals surface area contributed by atoms with E-state index in [9.17, 15) is 0 Å². The van der Waals surface area contributed by atoms with Gasteiger partial charge >= 0.3 is 0 Å². The predicted octanol–water partition coefficient (Wildman–Crippen LogP) is 2.75. The maximum absolute atomic E-state index is 5.97. The van der Waals surface area contributed by atoms with E-state index < -0.39 is 0 Å². The number of piperidine rings is 1. The Morgan fingerprint density at radius 2 is 2.05 bits per heavy atom. The molecule has 5 heteroatoms. The van der Waals surface area contributed by atoms with Crippen LogP contribution in [0.2, 0.25) is 0 Å². The summed E-state index contributed by atoms with van der Waals surface area (Å²) in [4.78, 5) is 11.5. The number of nitrogens with zero attached hydrogens (tertiary/aromatic N) is 3. The van der Waals surface area contributed by atoms with Crippen molar-refractivity contribution in [2.75, 3.05) is 23.8 Å². The van der Waals surface area contributed by atoms with Gasteiger partial charge in [-0.2, -0.15) is 0 Å². The average Bonchev–Trinajstić information content (AvgIpc) is 2.52. The van der Waals surface area contributed by atoms with Gasteiger partial charge in [-0.15, -0.1) is 0 Å². The van der Waals surface area contributed by atoms with Crippen molar-refractivity contribution < 1.29 is 4.74 Å². The summed E-state index contributed by atoms with van der Waals surface area (Å²) in [5.41, 5.74) is 5.97. The molecule has 2 heterocycles. The summed E-state index contributed by atoms with van der Waals surface area (Å²) >= 11 is 0. The van der Waals surface area contributed by atoms with Crippen molar-refractivity contribution in [3.8, 4) is 0 Å². The van der Waals surface area contributed by atoms with E-state index in [0.29, 0.717) is 30.9 Å². The van der Waals surface area contributed by atoms with Crippen LogP contribution >= 0.6 is 0 Å². The topological polar surface area (TPSA) is 64.3 Å². The first-order valence-corrected chi connectivity index (χ1v) is 8.25. The van der Waals surface area contributed by atoms with Crippen LogP contribution in [0.3, 0.4) is 0 Å². The lowest BCUT2D eigenvalue weighted by Crippen LogP contribution is -2.47. The van der Waals surface area contributed by atoms with Gasteiger partial charge in [-0.05, 0) is 38.5 Å². The van der Waals surface area contributed by atoms with Crippen molar-refractivity contribution >= 4 is 11.6 Å². The highest BCUT2D eigenvalue weighted by Gasteiger charge is 2.34. The van der Waals surface area contributed by atoms with Crippen LogP contribution < -0.4 is 10.6 Å². The van der Waals surface area contributed by atoms with Gasteiger partial charge in [0.25, 0.3) is 0 Å². The largest absolute Gasteiger partial charge is 0.384 e. The molecule has 1 aliphatic carbocycles. The molecule has 2 unspecified atom stereocenters. The predicted molar refractivity (Wildman–Crippen MR) is 84.1 cm³/mol. The van der Waals surface area contributed by atoms with Crippen molar-refractivity contribution in [3.05, 3.63) is 11.9 Å². The Morgan fingerprint density at radius 3 is 2.90 bits per heavy atom. The summed E-state index contributed by atoms with van der Waals surface area (Å²) in [5, 5.41) is 0. The molecule has 2 atom stereocenters. The van der Waals surface area contributed by atoms with Gasteiger partial charge in [-0.25, -0.2) is 9.97 Å². The molecule has 2 fully saturated rings. The number of hydrogen-bond donors (Lipinski definition) is 1. The fraction of sp³-hybridized carbons (Fsp3) is 0.750. The zero-order valence-electron chi connectivity index (χ0n) is 12.9. The Labute approximate surface area is 126 Å². The molecule has 5 nitrogen and oxygen atoms in total. The van der Waals surface area contributed by atoms with Crippen LogP contribution in [0, 0.1) is 5.92 Å². The lowest BCUT2D eigenvalue weighted by Gasteiger charge is -2.44. The summed E-state index contributed by atoms with van der Waals surface area (Å²) in [6.07, 6.45) is 8.00. The second-order valence-corrected chi connectivity index (χ2v) is 6.15. The molecule has 2 aliphatic rings. The number of hydrogen-bond acceptors (Lipinski definition) is 5. The van der Waals surface area contributed by atoms with Crippen LogP contribution in [0.5, 0.6) is 0 Å². The number of fused-ring (bicyclic) bond motifs is 1. The molecule has 0 bridgehead atoms. The van der Waals surface area contributed by atoms with Gasteiger partial charge in [0.2, 0.25) is 0 Å². The van der Waals surface area contributed by atoms with Gasteiger partial charge in [-0.3, -0.25) is 0 Å². The van der Waals surface area contributed by atoms with Crippen molar-refractivity contribution in [1.82, 2.24) is 9.97 Å². The molecule has 0 spiro atoms. The molecule has 21 heavy (non-hydrogen) atoms. The third-order valence-corrected chi connectivity index (χ3v) is 4.75. The molecule has 3 rings (SSSR count). The van der Waals surface area contributed by atoms with E-state index in [1.807, 2.05) is 13.0 Å². The quantitative estimate of drug-likeness (QED) is 0.923. The van der Waals surface area contributed by atoms with Gasteiger partial charge in [0.05, 0.1) is 0 Å². The number of rotatable bonds is 4. The Hall–Kier alpha value is -1.36. The SMILES string of the molecule is CCOCc1nc(N)cc(N2CCCC3CCCCC32)n1. The summed E-state index contributed by atoms with van der Waals surface area (Å²) in [6.45, 7) is 4.18. The second-order valence-electron chi connectivity index (χ2n) is 6.15. The molecule has 1 aromatic rings. The first-order chi connectivity index (χ1) is 10.3. The van der Waals surface area contributed by atoms with Crippen LogP contribution in [-0.4, -0.2) is 29.2 Å². The van der Waals surface area contributed by atoms with Crippen molar-refractivity contribution in [3.63, 3.8) is 0 Å². The van der Waals surface area contributed by atoms with E-state index in [0.717, 1.165) is 18.3 Å². The molecule has 1 aromatic heterocycles. The van der Waals surface area contributed by atoms with Crippen LogP contribution in [-0.2, 0) is 11.3 Å². The Balaban J connectivity index is 1.82. The van der Waals surface area contributed by atoms with Gasteiger partial charge in [-0.1, -0.05) is 12.8 Å². The van der Waals surface area contributed by atoms with Crippen molar-refractivity contribution in [2.24, 2.45) is 5.92 Å². The highest BCUT2D eigenvalue weighted by atomic mass is 16.5. The maximum Gasteiger partial charge on any atom is 0.158 e. The summed E-state index contributed by atoms with van der Waals surface area (Å²) in [7, 11) is 0. The number of ether oxygens (including phenoxy) is 1. The molecule has 2 N–H and O–H groups in total. The van der Waals surface area contributed by atoms with Crippen LogP contribution in [0.25, 0.3) is 0 Å². The minimum absolute atomic E-state index is 0.441. The van der Waals surface area contributed by atoms with Crippen molar-refractivity contribution in [1.29, 1.82) is 0 Å². The van der Waals surface area contributed by atoms with Gasteiger partial charge < -0.3 is 15.4 Å². The minimum Gasteiger partial charge on any atom is -0.384 e. The smallest absolute Gasteiger partial charge is 0.158 e. The lowest BCUT2D eigenvalue weighted by molar-refractivity contribution is 0.128. The van der Waals surface area contributed by atoms with E-state index in [-0.39, 0.29) is 0 Å². The van der Waals surface area contributed by atoms with Crippen LogP contribution in [0.4, 0.5) is 11.6 Å².